The van der Waals surface area contributed by atoms with Gasteiger partial charge in [0.05, 0.1) is 0 Å². The first-order valence-electron chi connectivity index (χ1n) is 5.04. The Labute approximate surface area is 133 Å². The van der Waals surface area contributed by atoms with E-state index in [1.54, 1.807) is 0 Å². The van der Waals surface area contributed by atoms with Crippen LogP contribution in [0.2, 0.25) is 0 Å². The largest absolute Gasteiger partial charge is 1.00 e. The van der Waals surface area contributed by atoms with E-state index in [1.165, 1.54) is 41.0 Å². The van der Waals surface area contributed by atoms with Gasteiger partial charge >= 0.3 is 28.4 Å². The molecule has 0 aromatic carbocycles. The summed E-state index contributed by atoms with van der Waals surface area (Å²) in [6, 6.07) is 0. The molecule has 0 atom stereocenters. The average molecular weight is 348 g/mol. The van der Waals surface area contributed by atoms with Crippen molar-refractivity contribution in [2.24, 2.45) is 0 Å². The van der Waals surface area contributed by atoms with Gasteiger partial charge in [0.15, 0.2) is 0 Å². The zero-order valence-electron chi connectivity index (χ0n) is 10.6. The first-order chi connectivity index (χ1) is 7.20. The van der Waals surface area contributed by atoms with Crippen molar-refractivity contribution in [1.82, 2.24) is 0 Å². The minimum atomic E-state index is 0. The van der Waals surface area contributed by atoms with Crippen LogP contribution in [0.1, 0.15) is 33.6 Å². The Morgan fingerprint density at radius 1 is 1.06 bits per heavy atom. The van der Waals surface area contributed by atoms with Crippen LogP contribution in [0.5, 0.6) is 0 Å². The maximum atomic E-state index is 3.34. The van der Waals surface area contributed by atoms with Gasteiger partial charge in [0.2, 0.25) is 0 Å². The van der Waals surface area contributed by atoms with Gasteiger partial charge in [-0.3, -0.25) is 12.2 Å². The summed E-state index contributed by atoms with van der Waals surface area (Å²) in [4.78, 5) is 0. The first-order valence-corrected chi connectivity index (χ1v) is 6.78. The van der Waals surface area contributed by atoms with Crippen LogP contribution in [0.25, 0.3) is 0 Å². The fourth-order valence-electron chi connectivity index (χ4n) is 1.16. The average Bonchev–Trinajstić information content (AvgIpc) is 2.84. The Morgan fingerprint density at radius 2 is 1.65 bits per heavy atom. The Hall–Kier alpha value is 0.293. The molecule has 2 aliphatic rings. The van der Waals surface area contributed by atoms with Gasteiger partial charge in [-0.05, 0) is 0 Å². The zero-order chi connectivity index (χ0) is 11.7. The Kier molecular flexibility index (Phi) is 19.0. The van der Waals surface area contributed by atoms with Crippen LogP contribution in [-0.2, 0) is 24.2 Å². The molecule has 0 saturated heterocycles. The smallest absolute Gasteiger partial charge is 1.00 e. The second-order valence-corrected chi connectivity index (χ2v) is 3.36. The second kappa shape index (κ2) is 14.4. The molecule has 0 fully saturated rings. The molecule has 0 radical (unpaired) electrons. The van der Waals surface area contributed by atoms with Gasteiger partial charge in [-0.25, -0.2) is 22.8 Å². The molecule has 2 rings (SSSR count). The van der Waals surface area contributed by atoms with E-state index in [9.17, 15) is 0 Å². The van der Waals surface area contributed by atoms with Gasteiger partial charge < -0.3 is 24.8 Å². The minimum Gasteiger partial charge on any atom is -1.00 e. The van der Waals surface area contributed by atoms with Crippen molar-refractivity contribution in [2.45, 2.75) is 33.6 Å². The Morgan fingerprint density at radius 3 is 1.76 bits per heavy atom. The fraction of sp³-hybridized carbons (Fsp3) is 0.357. The van der Waals surface area contributed by atoms with E-state index in [-0.39, 0.29) is 24.8 Å². The van der Waals surface area contributed by atoms with Crippen molar-refractivity contribution >= 4 is 4.21 Å². The summed E-state index contributed by atoms with van der Waals surface area (Å²) >= 11 is 1.30. The number of rotatable bonds is 0. The van der Waals surface area contributed by atoms with Gasteiger partial charge in [-0.1, -0.05) is 13.8 Å². The van der Waals surface area contributed by atoms with Crippen LogP contribution in [0.3, 0.4) is 0 Å². The van der Waals surface area contributed by atoms with Crippen LogP contribution in [-0.4, -0.2) is 4.21 Å². The van der Waals surface area contributed by atoms with Gasteiger partial charge in [0, 0.05) is 0 Å². The number of hydrogen-bond donors (Lipinski definition) is 0. The van der Waals surface area contributed by atoms with Gasteiger partial charge in [-0.15, -0.1) is 19.8 Å². The monoisotopic (exact) mass is 346 g/mol. The molecule has 94 valence electrons. The molecule has 0 spiro atoms. The summed E-state index contributed by atoms with van der Waals surface area (Å²) in [5.41, 5.74) is 3.98. The summed E-state index contributed by atoms with van der Waals surface area (Å²) < 4.78 is 3.34. The quantitative estimate of drug-likeness (QED) is 0.434. The molecule has 0 aromatic rings. The molecule has 0 saturated carbocycles. The topological polar surface area (TPSA) is 0 Å². The van der Waals surface area contributed by atoms with E-state index in [2.05, 4.69) is 55.4 Å². The maximum absolute atomic E-state index is 3.34. The van der Waals surface area contributed by atoms with E-state index in [0.29, 0.717) is 0 Å². The third-order valence-electron chi connectivity index (χ3n) is 2.23. The van der Waals surface area contributed by atoms with Gasteiger partial charge in [0.25, 0.3) is 0 Å². The van der Waals surface area contributed by atoms with Gasteiger partial charge in [-0.2, -0.15) is 12.2 Å². The molecule has 0 amide bonds. The third-order valence-corrected chi connectivity index (χ3v) is 2.23. The SMILES string of the molecule is CC1=[C-]CC=C1.CC1=[C-]CC=C1C.[CH2]=[Zr+2].[Cl-].[Cl-]. The number of allylic oxidation sites excluding steroid dienone is 8. The van der Waals surface area contributed by atoms with Crippen LogP contribution >= 0.6 is 0 Å². The van der Waals surface area contributed by atoms with Crippen molar-refractivity contribution in [3.63, 3.8) is 0 Å². The number of halogens is 2. The van der Waals surface area contributed by atoms with Crippen LogP contribution in [0.15, 0.2) is 34.9 Å². The van der Waals surface area contributed by atoms with Crippen molar-refractivity contribution in [3.8, 4) is 0 Å². The van der Waals surface area contributed by atoms with Crippen molar-refractivity contribution in [1.29, 1.82) is 0 Å². The molecule has 0 N–H and O–H groups in total. The van der Waals surface area contributed by atoms with E-state index in [4.69, 9.17) is 0 Å². The van der Waals surface area contributed by atoms with Crippen molar-refractivity contribution in [2.75, 3.05) is 0 Å². The third kappa shape index (κ3) is 11.1. The molecule has 0 bridgehead atoms. The molecule has 0 nitrogen and oxygen atoms in total. The molecule has 0 unspecified atom stereocenters. The Balaban J connectivity index is -0.000000184. The zero-order valence-corrected chi connectivity index (χ0v) is 14.6. The maximum Gasteiger partial charge on any atom is -1.00 e. The predicted molar refractivity (Wildman–Crippen MR) is 64.1 cm³/mol. The second-order valence-electron chi connectivity index (χ2n) is 3.36. The van der Waals surface area contributed by atoms with Crippen molar-refractivity contribution in [3.05, 3.63) is 47.1 Å². The van der Waals surface area contributed by atoms with Crippen LogP contribution < -0.4 is 24.8 Å². The van der Waals surface area contributed by atoms with E-state index >= 15 is 0 Å². The Bertz CT molecular complexity index is 293. The molecule has 0 aliphatic heterocycles. The fourth-order valence-corrected chi connectivity index (χ4v) is 1.16. The summed E-state index contributed by atoms with van der Waals surface area (Å²) in [5, 5.41) is 0. The minimum absolute atomic E-state index is 0. The summed E-state index contributed by atoms with van der Waals surface area (Å²) in [7, 11) is 0. The molecule has 17 heavy (non-hydrogen) atoms. The normalized spacial score (nSPS) is 14.8. The van der Waals surface area contributed by atoms with E-state index in [1.807, 2.05) is 0 Å². The number of hydrogen-bond acceptors (Lipinski definition) is 0. The molecular formula is C14H18Cl2Zr-2. The molecule has 2 aliphatic carbocycles. The molecule has 0 aromatic heterocycles. The first kappa shape index (κ1) is 22.5. The standard InChI is InChI=1S/C7H9.C6H7.CH2.2ClH.Zr/c1-6-4-3-5-7(6)2;1-6-4-2-3-5-6;;;;/h4H,3H2,1-2H3;2,4H,3H2,1H3;1H2;2*1H;/q2*-1;;;;+2/p-2. The molecular weight excluding hydrogens is 330 g/mol. The summed E-state index contributed by atoms with van der Waals surface area (Å²) in [5.74, 6) is 0. The van der Waals surface area contributed by atoms with Crippen molar-refractivity contribution < 1.29 is 49.0 Å². The summed E-state index contributed by atoms with van der Waals surface area (Å²) in [6.45, 7) is 6.28. The van der Waals surface area contributed by atoms with Crippen LogP contribution in [0.4, 0.5) is 0 Å². The molecule has 0 heterocycles. The summed E-state index contributed by atoms with van der Waals surface area (Å²) in [6.07, 6.45) is 14.7. The van der Waals surface area contributed by atoms with E-state index < -0.39 is 0 Å². The van der Waals surface area contributed by atoms with Gasteiger partial charge in [0.1, 0.15) is 0 Å². The molecule has 3 heteroatoms. The van der Waals surface area contributed by atoms with E-state index in [0.717, 1.165) is 12.8 Å². The predicted octanol–water partition coefficient (Wildman–Crippen LogP) is -2.25. The van der Waals surface area contributed by atoms with Crippen LogP contribution in [0, 0.1) is 12.2 Å².